The van der Waals surface area contributed by atoms with Gasteiger partial charge in [-0.1, -0.05) is 6.92 Å². The summed E-state index contributed by atoms with van der Waals surface area (Å²) in [6.45, 7) is 5.72. The van der Waals surface area contributed by atoms with Crippen molar-refractivity contribution in [3.8, 4) is 0 Å². The van der Waals surface area contributed by atoms with Gasteiger partial charge in [-0.2, -0.15) is 0 Å². The molecule has 66 valence electrons. The lowest BCUT2D eigenvalue weighted by Crippen LogP contribution is -2.32. The molecule has 0 heterocycles. The van der Waals surface area contributed by atoms with Crippen LogP contribution in [0.1, 0.15) is 20.3 Å². The Morgan fingerprint density at radius 2 is 2.09 bits per heavy atom. The lowest BCUT2D eigenvalue weighted by molar-refractivity contribution is -0.118. The predicted octanol–water partition coefficient (Wildman–Crippen LogP) is 0.280. The highest BCUT2D eigenvalue weighted by molar-refractivity contribution is 5.77. The zero-order valence-corrected chi connectivity index (χ0v) is 7.34. The summed E-state index contributed by atoms with van der Waals surface area (Å²) in [5.74, 6) is 0.159. The summed E-state index contributed by atoms with van der Waals surface area (Å²) in [5, 5.41) is 8.62. The van der Waals surface area contributed by atoms with Crippen LogP contribution in [0, 0.1) is 0 Å². The minimum atomic E-state index is 0.132. The van der Waals surface area contributed by atoms with E-state index in [0.29, 0.717) is 13.1 Å². The van der Waals surface area contributed by atoms with Crippen LogP contribution < -0.4 is 0 Å². The van der Waals surface area contributed by atoms with E-state index in [-0.39, 0.29) is 12.4 Å². The van der Waals surface area contributed by atoms with Crippen molar-refractivity contribution in [1.29, 1.82) is 0 Å². The number of hydrogen-bond acceptors (Lipinski definition) is 3. The molecule has 0 atom stereocenters. The third-order valence-corrected chi connectivity index (χ3v) is 1.40. The first-order chi connectivity index (χ1) is 5.20. The van der Waals surface area contributed by atoms with E-state index >= 15 is 0 Å². The van der Waals surface area contributed by atoms with E-state index in [1.165, 1.54) is 0 Å². The number of nitrogens with zero attached hydrogens (tertiary/aromatic N) is 1. The van der Waals surface area contributed by atoms with Gasteiger partial charge in [0.15, 0.2) is 0 Å². The first-order valence-corrected chi connectivity index (χ1v) is 4.03. The summed E-state index contributed by atoms with van der Waals surface area (Å²) < 4.78 is 0. The molecule has 0 rings (SSSR count). The fourth-order valence-electron chi connectivity index (χ4n) is 1.04. The molecule has 0 aliphatic carbocycles. The van der Waals surface area contributed by atoms with Crippen LogP contribution >= 0.6 is 0 Å². The normalized spacial score (nSPS) is 10.5. The molecule has 0 aliphatic rings. The number of carbonyl (C=O) groups excluding carboxylic acids is 1. The van der Waals surface area contributed by atoms with Crippen molar-refractivity contribution in [2.45, 2.75) is 20.3 Å². The van der Waals surface area contributed by atoms with Gasteiger partial charge in [0, 0.05) is 6.54 Å². The molecular weight excluding hydrogens is 142 g/mol. The van der Waals surface area contributed by atoms with Crippen molar-refractivity contribution in [2.24, 2.45) is 0 Å². The molecule has 1 N–H and O–H groups in total. The van der Waals surface area contributed by atoms with Gasteiger partial charge < -0.3 is 5.11 Å². The van der Waals surface area contributed by atoms with Gasteiger partial charge in [0.05, 0.1) is 13.2 Å². The second-order valence-electron chi connectivity index (χ2n) is 2.70. The second-order valence-corrected chi connectivity index (χ2v) is 2.70. The fraction of sp³-hybridized carbons (Fsp3) is 0.875. The topological polar surface area (TPSA) is 40.5 Å². The molecule has 0 aromatic heterocycles. The quantitative estimate of drug-likeness (QED) is 0.605. The summed E-state index contributed by atoms with van der Waals surface area (Å²) in [4.78, 5) is 12.6. The Hall–Kier alpha value is -0.410. The van der Waals surface area contributed by atoms with Gasteiger partial charge in [-0.15, -0.1) is 0 Å². The zero-order valence-electron chi connectivity index (χ0n) is 7.34. The van der Waals surface area contributed by atoms with Crippen molar-refractivity contribution in [2.75, 3.05) is 26.2 Å². The van der Waals surface area contributed by atoms with Crippen LogP contribution in [0.15, 0.2) is 0 Å². The molecule has 0 aromatic carbocycles. The van der Waals surface area contributed by atoms with Gasteiger partial charge in [0.2, 0.25) is 0 Å². The van der Waals surface area contributed by atoms with Crippen molar-refractivity contribution >= 4 is 5.78 Å². The summed E-state index contributed by atoms with van der Waals surface area (Å²) in [6.07, 6.45) is 1.02. The average molecular weight is 159 g/mol. The average Bonchev–Trinajstić information content (AvgIpc) is 1.87. The SMILES string of the molecule is CCCN(CCO)CC(C)=O. The Morgan fingerprint density at radius 3 is 2.45 bits per heavy atom. The van der Waals surface area contributed by atoms with E-state index in [0.717, 1.165) is 13.0 Å². The Bertz CT molecular complexity index is 109. The molecule has 0 fully saturated rings. The maximum Gasteiger partial charge on any atom is 0.143 e. The second kappa shape index (κ2) is 6.31. The van der Waals surface area contributed by atoms with Gasteiger partial charge >= 0.3 is 0 Å². The van der Waals surface area contributed by atoms with Gasteiger partial charge in [-0.25, -0.2) is 0 Å². The monoisotopic (exact) mass is 159 g/mol. The maximum absolute atomic E-state index is 10.7. The summed E-state index contributed by atoms with van der Waals surface area (Å²) >= 11 is 0. The number of Topliss-reactive ketones (excluding diaryl/α,β-unsaturated/α-hetero) is 1. The molecule has 0 radical (unpaired) electrons. The van der Waals surface area contributed by atoms with Gasteiger partial charge in [0.1, 0.15) is 5.78 Å². The zero-order chi connectivity index (χ0) is 8.69. The maximum atomic E-state index is 10.7. The number of aliphatic hydroxyl groups is 1. The van der Waals surface area contributed by atoms with Crippen LogP contribution in [0.4, 0.5) is 0 Å². The van der Waals surface area contributed by atoms with Crippen LogP contribution in [-0.4, -0.2) is 42.0 Å². The molecule has 0 saturated carbocycles. The van der Waals surface area contributed by atoms with Crippen molar-refractivity contribution in [1.82, 2.24) is 4.90 Å². The highest BCUT2D eigenvalue weighted by Crippen LogP contribution is 1.90. The van der Waals surface area contributed by atoms with Crippen molar-refractivity contribution < 1.29 is 9.90 Å². The molecular formula is C8H17NO2. The first-order valence-electron chi connectivity index (χ1n) is 4.03. The molecule has 0 amide bonds. The number of rotatable bonds is 6. The summed E-state index contributed by atoms with van der Waals surface area (Å²) in [6, 6.07) is 0. The molecule has 0 saturated heterocycles. The van der Waals surface area contributed by atoms with E-state index < -0.39 is 0 Å². The number of aliphatic hydroxyl groups excluding tert-OH is 1. The molecule has 0 unspecified atom stereocenters. The molecule has 0 bridgehead atoms. The fourth-order valence-corrected chi connectivity index (χ4v) is 1.04. The van der Waals surface area contributed by atoms with Gasteiger partial charge in [-0.3, -0.25) is 9.69 Å². The van der Waals surface area contributed by atoms with E-state index in [4.69, 9.17) is 5.11 Å². The van der Waals surface area contributed by atoms with Crippen molar-refractivity contribution in [3.63, 3.8) is 0 Å². The van der Waals surface area contributed by atoms with E-state index in [9.17, 15) is 4.79 Å². The largest absolute Gasteiger partial charge is 0.395 e. The van der Waals surface area contributed by atoms with Crippen LogP contribution in [0.2, 0.25) is 0 Å². The molecule has 11 heavy (non-hydrogen) atoms. The first kappa shape index (κ1) is 10.6. The summed E-state index contributed by atoms with van der Waals surface area (Å²) in [7, 11) is 0. The molecule has 0 aromatic rings. The Balaban J connectivity index is 3.59. The third kappa shape index (κ3) is 6.01. The van der Waals surface area contributed by atoms with Gasteiger partial charge in [-0.05, 0) is 19.9 Å². The van der Waals surface area contributed by atoms with Crippen LogP contribution in [0.25, 0.3) is 0 Å². The minimum Gasteiger partial charge on any atom is -0.395 e. The number of ketones is 1. The standard InChI is InChI=1S/C8H17NO2/c1-3-4-9(5-6-10)7-8(2)11/h10H,3-7H2,1-2H3. The molecule has 0 aliphatic heterocycles. The smallest absolute Gasteiger partial charge is 0.143 e. The minimum absolute atomic E-state index is 0.132. The Morgan fingerprint density at radius 1 is 1.45 bits per heavy atom. The van der Waals surface area contributed by atoms with E-state index in [1.54, 1.807) is 6.92 Å². The molecule has 3 nitrogen and oxygen atoms in total. The third-order valence-electron chi connectivity index (χ3n) is 1.40. The van der Waals surface area contributed by atoms with E-state index in [2.05, 4.69) is 6.92 Å². The predicted molar refractivity (Wildman–Crippen MR) is 44.5 cm³/mol. The molecule has 0 spiro atoms. The van der Waals surface area contributed by atoms with Crippen molar-refractivity contribution in [3.05, 3.63) is 0 Å². The highest BCUT2D eigenvalue weighted by atomic mass is 16.3. The van der Waals surface area contributed by atoms with Crippen LogP contribution in [0.5, 0.6) is 0 Å². The number of hydrogen-bond donors (Lipinski definition) is 1. The lowest BCUT2D eigenvalue weighted by atomic mass is 10.3. The van der Waals surface area contributed by atoms with E-state index in [1.807, 2.05) is 4.90 Å². The highest BCUT2D eigenvalue weighted by Gasteiger charge is 2.04. The lowest BCUT2D eigenvalue weighted by Gasteiger charge is -2.18. The van der Waals surface area contributed by atoms with Crippen LogP contribution in [-0.2, 0) is 4.79 Å². The Kier molecular flexibility index (Phi) is 6.07. The molecule has 3 heteroatoms. The van der Waals surface area contributed by atoms with Crippen LogP contribution in [0.3, 0.4) is 0 Å². The Labute approximate surface area is 68.0 Å². The van der Waals surface area contributed by atoms with Gasteiger partial charge in [0.25, 0.3) is 0 Å². The number of carbonyl (C=O) groups is 1. The summed E-state index contributed by atoms with van der Waals surface area (Å²) in [5.41, 5.74) is 0.